The van der Waals surface area contributed by atoms with Gasteiger partial charge in [-0.25, -0.2) is 0 Å². The highest BCUT2D eigenvalue weighted by Gasteiger charge is 2.16. The molecule has 4 heteroatoms. The van der Waals surface area contributed by atoms with Crippen molar-refractivity contribution in [2.75, 3.05) is 26.4 Å². The van der Waals surface area contributed by atoms with Crippen LogP contribution in [0.2, 0.25) is 0 Å². The van der Waals surface area contributed by atoms with Crippen molar-refractivity contribution in [1.29, 1.82) is 0 Å². The zero-order chi connectivity index (χ0) is 13.6. The third kappa shape index (κ3) is 11.0. The summed E-state index contributed by atoms with van der Waals surface area (Å²) in [7, 11) is 0. The van der Waals surface area contributed by atoms with Gasteiger partial charge in [0.2, 0.25) is 0 Å². The summed E-state index contributed by atoms with van der Waals surface area (Å²) in [6.07, 6.45) is 4.90. The van der Waals surface area contributed by atoms with E-state index >= 15 is 0 Å². The standard InChI is InChI=1S/C14H30O4/c1-3-5-7-9-17-11-13(15)14(16)12-18-10-8-6-4-2/h13-16H,3-12H2,1-2H3. The smallest absolute Gasteiger partial charge is 0.105 e. The molecule has 0 aliphatic heterocycles. The van der Waals surface area contributed by atoms with Crippen molar-refractivity contribution in [3.63, 3.8) is 0 Å². The van der Waals surface area contributed by atoms with Crippen LogP contribution in [0, 0.1) is 0 Å². The minimum atomic E-state index is -0.849. The van der Waals surface area contributed by atoms with Gasteiger partial charge in [0.15, 0.2) is 0 Å². The van der Waals surface area contributed by atoms with Gasteiger partial charge in [-0.3, -0.25) is 0 Å². The van der Waals surface area contributed by atoms with Crippen LogP contribution in [-0.2, 0) is 9.47 Å². The minimum Gasteiger partial charge on any atom is -0.388 e. The van der Waals surface area contributed by atoms with Crippen LogP contribution in [0.3, 0.4) is 0 Å². The summed E-state index contributed by atoms with van der Waals surface area (Å²) in [6.45, 7) is 5.93. The largest absolute Gasteiger partial charge is 0.388 e. The zero-order valence-corrected chi connectivity index (χ0v) is 11.9. The van der Waals surface area contributed by atoms with Crippen LogP contribution in [0.1, 0.15) is 52.4 Å². The van der Waals surface area contributed by atoms with Crippen LogP contribution in [0.5, 0.6) is 0 Å². The van der Waals surface area contributed by atoms with Gasteiger partial charge in [0.05, 0.1) is 13.2 Å². The number of hydrogen-bond acceptors (Lipinski definition) is 4. The van der Waals surface area contributed by atoms with Crippen LogP contribution in [0.25, 0.3) is 0 Å². The van der Waals surface area contributed by atoms with Crippen molar-refractivity contribution < 1.29 is 19.7 Å². The van der Waals surface area contributed by atoms with E-state index in [1.807, 2.05) is 0 Å². The maximum absolute atomic E-state index is 9.62. The summed E-state index contributed by atoms with van der Waals surface area (Å²) < 4.78 is 10.6. The van der Waals surface area contributed by atoms with E-state index in [0.717, 1.165) is 38.5 Å². The maximum Gasteiger partial charge on any atom is 0.105 e. The summed E-state index contributed by atoms with van der Waals surface area (Å²) in [4.78, 5) is 0. The van der Waals surface area contributed by atoms with Gasteiger partial charge in [-0.2, -0.15) is 0 Å². The van der Waals surface area contributed by atoms with Crippen molar-refractivity contribution in [3.05, 3.63) is 0 Å². The summed E-state index contributed by atoms with van der Waals surface area (Å²) in [5, 5.41) is 19.2. The van der Waals surface area contributed by atoms with E-state index < -0.39 is 12.2 Å². The molecule has 2 atom stereocenters. The zero-order valence-electron chi connectivity index (χ0n) is 11.9. The number of aliphatic hydroxyl groups excluding tert-OH is 2. The Balaban J connectivity index is 3.36. The van der Waals surface area contributed by atoms with Gasteiger partial charge in [-0.15, -0.1) is 0 Å². The maximum atomic E-state index is 9.62. The number of hydrogen-bond donors (Lipinski definition) is 2. The lowest BCUT2D eigenvalue weighted by Crippen LogP contribution is -2.34. The normalized spacial score (nSPS) is 14.7. The highest BCUT2D eigenvalue weighted by atomic mass is 16.5. The molecule has 18 heavy (non-hydrogen) atoms. The summed E-state index contributed by atoms with van der Waals surface area (Å²) in [6, 6.07) is 0. The number of ether oxygens (including phenoxy) is 2. The van der Waals surface area contributed by atoms with Crippen molar-refractivity contribution in [3.8, 4) is 0 Å². The molecule has 0 rings (SSSR count). The number of unbranched alkanes of at least 4 members (excludes halogenated alkanes) is 4. The second-order valence-electron chi connectivity index (χ2n) is 4.70. The molecule has 0 saturated carbocycles. The molecule has 0 fully saturated rings. The van der Waals surface area contributed by atoms with Crippen LogP contribution in [0.15, 0.2) is 0 Å². The topological polar surface area (TPSA) is 58.9 Å². The average Bonchev–Trinajstić information content (AvgIpc) is 2.37. The molecule has 0 saturated heterocycles. The van der Waals surface area contributed by atoms with Crippen LogP contribution in [-0.4, -0.2) is 48.8 Å². The fourth-order valence-corrected chi connectivity index (χ4v) is 1.54. The molecule has 0 bridgehead atoms. The molecule has 110 valence electrons. The first-order chi connectivity index (χ1) is 8.72. The first kappa shape index (κ1) is 17.8. The molecule has 2 unspecified atom stereocenters. The molecule has 4 nitrogen and oxygen atoms in total. The van der Waals surface area contributed by atoms with E-state index in [0.29, 0.717) is 13.2 Å². The lowest BCUT2D eigenvalue weighted by Gasteiger charge is -2.18. The van der Waals surface area contributed by atoms with Crippen molar-refractivity contribution in [2.24, 2.45) is 0 Å². The Morgan fingerprint density at radius 3 is 1.44 bits per heavy atom. The molecular formula is C14H30O4. The molecule has 0 radical (unpaired) electrons. The monoisotopic (exact) mass is 262 g/mol. The highest BCUT2D eigenvalue weighted by Crippen LogP contribution is 2.00. The highest BCUT2D eigenvalue weighted by molar-refractivity contribution is 4.65. The van der Waals surface area contributed by atoms with Crippen molar-refractivity contribution >= 4 is 0 Å². The van der Waals surface area contributed by atoms with Crippen LogP contribution >= 0.6 is 0 Å². The van der Waals surface area contributed by atoms with Gasteiger partial charge >= 0.3 is 0 Å². The Hall–Kier alpha value is -0.160. The van der Waals surface area contributed by atoms with Crippen LogP contribution in [0.4, 0.5) is 0 Å². The predicted octanol–water partition coefficient (Wildman–Crippen LogP) is 2.12. The SMILES string of the molecule is CCCCCOCC(O)C(O)COCCCCC. The minimum absolute atomic E-state index is 0.184. The van der Waals surface area contributed by atoms with Gasteiger partial charge in [0.1, 0.15) is 12.2 Å². The second kappa shape index (κ2) is 13.3. The molecule has 0 aromatic heterocycles. The molecule has 0 aromatic carbocycles. The molecule has 0 spiro atoms. The Kier molecular flexibility index (Phi) is 13.2. The van der Waals surface area contributed by atoms with Gasteiger partial charge < -0.3 is 19.7 Å². The lowest BCUT2D eigenvalue weighted by molar-refractivity contribution is -0.0710. The summed E-state index contributed by atoms with van der Waals surface area (Å²) in [5.41, 5.74) is 0. The Morgan fingerprint density at radius 1 is 0.722 bits per heavy atom. The average molecular weight is 262 g/mol. The molecule has 0 aromatic rings. The van der Waals surface area contributed by atoms with Gasteiger partial charge in [-0.05, 0) is 12.8 Å². The second-order valence-corrected chi connectivity index (χ2v) is 4.70. The Bertz CT molecular complexity index is 146. The predicted molar refractivity (Wildman–Crippen MR) is 72.7 cm³/mol. The number of rotatable bonds is 13. The van der Waals surface area contributed by atoms with Gasteiger partial charge in [-0.1, -0.05) is 39.5 Å². The van der Waals surface area contributed by atoms with Gasteiger partial charge in [0.25, 0.3) is 0 Å². The van der Waals surface area contributed by atoms with E-state index in [2.05, 4.69) is 13.8 Å². The molecule has 2 N–H and O–H groups in total. The molecule has 0 heterocycles. The molecule has 0 amide bonds. The third-order valence-electron chi connectivity index (χ3n) is 2.81. The van der Waals surface area contributed by atoms with Crippen molar-refractivity contribution in [1.82, 2.24) is 0 Å². The van der Waals surface area contributed by atoms with Gasteiger partial charge in [0, 0.05) is 13.2 Å². The summed E-state index contributed by atoms with van der Waals surface area (Å²) >= 11 is 0. The molecule has 0 aliphatic rings. The fraction of sp³-hybridized carbons (Fsp3) is 1.00. The van der Waals surface area contributed by atoms with E-state index in [-0.39, 0.29) is 13.2 Å². The van der Waals surface area contributed by atoms with Crippen LogP contribution < -0.4 is 0 Å². The van der Waals surface area contributed by atoms with E-state index in [9.17, 15) is 10.2 Å². The van der Waals surface area contributed by atoms with Crippen molar-refractivity contribution in [2.45, 2.75) is 64.6 Å². The van der Waals surface area contributed by atoms with E-state index in [1.54, 1.807) is 0 Å². The Labute approximate surface area is 111 Å². The quantitative estimate of drug-likeness (QED) is 0.499. The Morgan fingerprint density at radius 2 is 1.11 bits per heavy atom. The first-order valence-corrected chi connectivity index (χ1v) is 7.24. The fourth-order valence-electron chi connectivity index (χ4n) is 1.54. The number of aliphatic hydroxyl groups is 2. The molecule has 0 aliphatic carbocycles. The lowest BCUT2D eigenvalue weighted by atomic mass is 10.2. The third-order valence-corrected chi connectivity index (χ3v) is 2.81. The van der Waals surface area contributed by atoms with E-state index in [4.69, 9.17) is 9.47 Å². The summed E-state index contributed by atoms with van der Waals surface area (Å²) in [5.74, 6) is 0. The molecular weight excluding hydrogens is 232 g/mol. The first-order valence-electron chi connectivity index (χ1n) is 7.24. The van der Waals surface area contributed by atoms with E-state index in [1.165, 1.54) is 0 Å².